The summed E-state index contributed by atoms with van der Waals surface area (Å²) in [6, 6.07) is 12.4. The zero-order valence-corrected chi connectivity index (χ0v) is 18.2. The molecular formula is C20H23Cl2N3O2S. The number of rotatable bonds is 7. The monoisotopic (exact) mass is 439 g/mol. The van der Waals surface area contributed by atoms with Gasteiger partial charge in [0.1, 0.15) is 0 Å². The van der Waals surface area contributed by atoms with Gasteiger partial charge in [-0.3, -0.25) is 5.01 Å². The number of halogens is 2. The predicted molar refractivity (Wildman–Crippen MR) is 117 cm³/mol. The van der Waals surface area contributed by atoms with E-state index in [-0.39, 0.29) is 5.75 Å². The fourth-order valence-corrected chi connectivity index (χ4v) is 4.63. The summed E-state index contributed by atoms with van der Waals surface area (Å²) in [5, 5.41) is 7.55. The molecule has 0 radical (unpaired) electrons. The minimum atomic E-state index is -3.27. The summed E-state index contributed by atoms with van der Waals surface area (Å²) in [7, 11) is 0.602. The van der Waals surface area contributed by atoms with Crippen molar-refractivity contribution < 1.29 is 8.42 Å². The predicted octanol–water partition coefficient (Wildman–Crippen LogP) is 4.33. The van der Waals surface area contributed by atoms with E-state index < -0.39 is 9.84 Å². The average Bonchev–Trinajstić information content (AvgIpc) is 3.14. The molecule has 150 valence electrons. The van der Waals surface area contributed by atoms with Gasteiger partial charge in [0, 0.05) is 13.0 Å². The molecule has 0 amide bonds. The van der Waals surface area contributed by atoms with Crippen LogP contribution in [-0.2, 0) is 9.84 Å². The average molecular weight is 440 g/mol. The van der Waals surface area contributed by atoms with E-state index in [1.807, 2.05) is 36.1 Å². The second-order valence-electron chi connectivity index (χ2n) is 7.02. The van der Waals surface area contributed by atoms with Gasteiger partial charge in [-0.2, -0.15) is 5.10 Å². The van der Waals surface area contributed by atoms with Crippen molar-refractivity contribution in [1.82, 2.24) is 4.90 Å². The molecule has 0 saturated heterocycles. The van der Waals surface area contributed by atoms with Gasteiger partial charge in [-0.05, 0) is 69.0 Å². The van der Waals surface area contributed by atoms with Crippen molar-refractivity contribution in [3.63, 3.8) is 0 Å². The molecule has 28 heavy (non-hydrogen) atoms. The molecule has 0 aromatic heterocycles. The Morgan fingerprint density at radius 1 is 1.07 bits per heavy atom. The first-order valence-electron chi connectivity index (χ1n) is 9.04. The molecule has 1 aliphatic heterocycles. The lowest BCUT2D eigenvalue weighted by atomic mass is 10.1. The quantitative estimate of drug-likeness (QED) is 0.643. The van der Waals surface area contributed by atoms with Gasteiger partial charge >= 0.3 is 0 Å². The molecule has 0 aliphatic carbocycles. The lowest BCUT2D eigenvalue weighted by molar-refractivity contribution is 0.408. The SMILES string of the molecule is CN(C)CCCS(=O)(=O)c1ccc(N2CCC(c3ccc(Cl)c(Cl)c3)=N2)cc1. The van der Waals surface area contributed by atoms with Gasteiger partial charge in [-0.15, -0.1) is 0 Å². The van der Waals surface area contributed by atoms with Crippen LogP contribution in [0, 0.1) is 0 Å². The van der Waals surface area contributed by atoms with Crippen molar-refractivity contribution >= 4 is 44.4 Å². The molecule has 0 unspecified atom stereocenters. The Labute approximate surface area is 176 Å². The summed E-state index contributed by atoms with van der Waals surface area (Å²) in [6.45, 7) is 1.47. The van der Waals surface area contributed by atoms with E-state index in [2.05, 4.69) is 5.10 Å². The van der Waals surface area contributed by atoms with Crippen molar-refractivity contribution in [2.24, 2.45) is 5.10 Å². The molecule has 8 heteroatoms. The number of sulfone groups is 1. The van der Waals surface area contributed by atoms with Gasteiger partial charge < -0.3 is 4.90 Å². The molecule has 0 fully saturated rings. The number of nitrogens with zero attached hydrogens (tertiary/aromatic N) is 3. The minimum Gasteiger partial charge on any atom is -0.309 e. The standard InChI is InChI=1S/C20H23Cl2N3O2S/c1-24(2)11-3-13-28(26,27)17-7-5-16(6-8-17)25-12-10-20(23-25)15-4-9-18(21)19(22)14-15/h4-9,14H,3,10-13H2,1-2H3. The van der Waals surface area contributed by atoms with E-state index in [0.29, 0.717) is 21.4 Å². The Morgan fingerprint density at radius 3 is 2.43 bits per heavy atom. The molecule has 2 aromatic rings. The molecule has 0 N–H and O–H groups in total. The van der Waals surface area contributed by atoms with Crippen LogP contribution in [0.5, 0.6) is 0 Å². The highest BCUT2D eigenvalue weighted by atomic mass is 35.5. The van der Waals surface area contributed by atoms with Crippen molar-refractivity contribution in [3.05, 3.63) is 58.1 Å². The first-order valence-corrected chi connectivity index (χ1v) is 11.4. The van der Waals surface area contributed by atoms with Crippen molar-refractivity contribution in [2.75, 3.05) is 37.9 Å². The zero-order chi connectivity index (χ0) is 20.3. The van der Waals surface area contributed by atoms with Crippen LogP contribution in [0.25, 0.3) is 0 Å². The Hall–Kier alpha value is -1.60. The van der Waals surface area contributed by atoms with Crippen molar-refractivity contribution in [1.29, 1.82) is 0 Å². The maximum Gasteiger partial charge on any atom is 0.178 e. The number of hydrogen-bond acceptors (Lipinski definition) is 5. The largest absolute Gasteiger partial charge is 0.309 e. The minimum absolute atomic E-state index is 0.147. The summed E-state index contributed by atoms with van der Waals surface area (Å²) in [5.74, 6) is 0.147. The number of hydrogen-bond donors (Lipinski definition) is 0. The molecule has 3 rings (SSSR count). The highest BCUT2D eigenvalue weighted by Crippen LogP contribution is 2.27. The van der Waals surface area contributed by atoms with Gasteiger partial charge in [0.25, 0.3) is 0 Å². The van der Waals surface area contributed by atoms with Gasteiger partial charge in [0.2, 0.25) is 0 Å². The first-order chi connectivity index (χ1) is 13.3. The molecule has 0 saturated carbocycles. The third-order valence-electron chi connectivity index (χ3n) is 4.57. The summed E-state index contributed by atoms with van der Waals surface area (Å²) in [5.41, 5.74) is 2.73. The Morgan fingerprint density at radius 2 is 1.79 bits per heavy atom. The van der Waals surface area contributed by atoms with Gasteiger partial charge in [-0.25, -0.2) is 8.42 Å². The third kappa shape index (κ3) is 5.06. The molecule has 0 bridgehead atoms. The highest BCUT2D eigenvalue weighted by molar-refractivity contribution is 7.91. The van der Waals surface area contributed by atoms with Crippen LogP contribution in [-0.4, -0.2) is 52.0 Å². The lowest BCUT2D eigenvalue weighted by Crippen LogP contribution is -2.17. The van der Waals surface area contributed by atoms with E-state index >= 15 is 0 Å². The van der Waals surface area contributed by atoms with Crippen LogP contribution in [0.15, 0.2) is 52.5 Å². The molecule has 1 aliphatic rings. The smallest absolute Gasteiger partial charge is 0.178 e. The number of benzene rings is 2. The van der Waals surface area contributed by atoms with Gasteiger partial charge in [0.05, 0.1) is 32.1 Å². The van der Waals surface area contributed by atoms with E-state index in [4.69, 9.17) is 23.2 Å². The van der Waals surface area contributed by atoms with Crippen LogP contribution in [0.1, 0.15) is 18.4 Å². The topological polar surface area (TPSA) is 53.0 Å². The molecular weight excluding hydrogens is 417 g/mol. The summed E-state index contributed by atoms with van der Waals surface area (Å²) >= 11 is 12.1. The second kappa shape index (κ2) is 8.82. The Kier molecular flexibility index (Phi) is 6.65. The van der Waals surface area contributed by atoms with Gasteiger partial charge in [-0.1, -0.05) is 29.3 Å². The van der Waals surface area contributed by atoms with Crippen molar-refractivity contribution in [3.8, 4) is 0 Å². The van der Waals surface area contributed by atoms with Crippen LogP contribution in [0.3, 0.4) is 0 Å². The molecule has 5 nitrogen and oxygen atoms in total. The fourth-order valence-electron chi connectivity index (χ4n) is 3.04. The first kappa shape index (κ1) is 21.1. The van der Waals surface area contributed by atoms with Crippen LogP contribution < -0.4 is 5.01 Å². The van der Waals surface area contributed by atoms with E-state index in [1.165, 1.54) is 0 Å². The van der Waals surface area contributed by atoms with Gasteiger partial charge in [0.15, 0.2) is 9.84 Å². The van der Waals surface area contributed by atoms with Crippen LogP contribution in [0.2, 0.25) is 10.0 Å². The number of anilines is 1. The van der Waals surface area contributed by atoms with E-state index in [9.17, 15) is 8.42 Å². The van der Waals surface area contributed by atoms with Crippen LogP contribution in [0.4, 0.5) is 5.69 Å². The normalized spacial score (nSPS) is 14.6. The van der Waals surface area contributed by atoms with Crippen molar-refractivity contribution in [2.45, 2.75) is 17.7 Å². The Balaban J connectivity index is 1.71. The summed E-state index contributed by atoms with van der Waals surface area (Å²) < 4.78 is 24.9. The Bertz CT molecular complexity index is 973. The number of hydrazone groups is 1. The van der Waals surface area contributed by atoms with E-state index in [1.54, 1.807) is 30.3 Å². The lowest BCUT2D eigenvalue weighted by Gasteiger charge is -2.14. The summed E-state index contributed by atoms with van der Waals surface area (Å²) in [4.78, 5) is 2.33. The maximum atomic E-state index is 12.5. The van der Waals surface area contributed by atoms with Crippen LogP contribution >= 0.6 is 23.2 Å². The second-order valence-corrected chi connectivity index (χ2v) is 9.94. The highest BCUT2D eigenvalue weighted by Gasteiger charge is 2.19. The summed E-state index contributed by atoms with van der Waals surface area (Å²) in [6.07, 6.45) is 1.39. The molecule has 2 aromatic carbocycles. The fraction of sp³-hybridized carbons (Fsp3) is 0.350. The van der Waals surface area contributed by atoms with E-state index in [0.717, 1.165) is 36.5 Å². The maximum absolute atomic E-state index is 12.5. The molecule has 0 atom stereocenters. The molecule has 0 spiro atoms. The molecule has 1 heterocycles. The third-order valence-corrected chi connectivity index (χ3v) is 7.12. The zero-order valence-electron chi connectivity index (χ0n) is 15.9.